The Morgan fingerprint density at radius 3 is 2.61 bits per heavy atom. The summed E-state index contributed by atoms with van der Waals surface area (Å²) in [6.45, 7) is 9.50. The molecule has 0 aromatic heterocycles. The molecule has 18 heavy (non-hydrogen) atoms. The minimum atomic E-state index is 0.0350. The summed E-state index contributed by atoms with van der Waals surface area (Å²) in [7, 11) is 0. The van der Waals surface area contributed by atoms with Crippen LogP contribution in [-0.4, -0.2) is 61.5 Å². The molecule has 104 valence electrons. The van der Waals surface area contributed by atoms with Crippen LogP contribution in [0.25, 0.3) is 0 Å². The van der Waals surface area contributed by atoms with Gasteiger partial charge in [0, 0.05) is 50.8 Å². The largest absolute Gasteiger partial charge is 0.378 e. The molecule has 0 bridgehead atoms. The van der Waals surface area contributed by atoms with Crippen molar-refractivity contribution in [3.8, 4) is 0 Å². The molecule has 4 nitrogen and oxygen atoms in total. The van der Waals surface area contributed by atoms with Gasteiger partial charge >= 0.3 is 0 Å². The van der Waals surface area contributed by atoms with Gasteiger partial charge in [0.25, 0.3) is 0 Å². The van der Waals surface area contributed by atoms with E-state index in [1.807, 2.05) is 0 Å². The minimum Gasteiger partial charge on any atom is -0.378 e. The summed E-state index contributed by atoms with van der Waals surface area (Å²) in [6, 6.07) is 1.94. The van der Waals surface area contributed by atoms with Gasteiger partial charge in [-0.15, -0.1) is 0 Å². The Kier molecular flexibility index (Phi) is 3.63. The number of rotatable bonds is 1. The van der Waals surface area contributed by atoms with Crippen molar-refractivity contribution in [2.45, 2.75) is 56.8 Å². The first-order valence-corrected chi connectivity index (χ1v) is 7.40. The van der Waals surface area contributed by atoms with E-state index < -0.39 is 0 Å². The van der Waals surface area contributed by atoms with Crippen molar-refractivity contribution in [3.05, 3.63) is 0 Å². The zero-order chi connectivity index (χ0) is 12.6. The van der Waals surface area contributed by atoms with Crippen LogP contribution in [0.2, 0.25) is 0 Å². The lowest BCUT2D eigenvalue weighted by atomic mass is 9.87. The lowest BCUT2D eigenvalue weighted by Crippen LogP contribution is -2.61. The van der Waals surface area contributed by atoms with Gasteiger partial charge in [-0.1, -0.05) is 0 Å². The highest BCUT2D eigenvalue weighted by Gasteiger charge is 2.44. The van der Waals surface area contributed by atoms with Crippen molar-refractivity contribution in [2.75, 3.05) is 32.9 Å². The van der Waals surface area contributed by atoms with Crippen LogP contribution in [-0.2, 0) is 9.47 Å². The van der Waals surface area contributed by atoms with Gasteiger partial charge in [-0.25, -0.2) is 0 Å². The van der Waals surface area contributed by atoms with Crippen LogP contribution in [0.1, 0.15) is 33.1 Å². The average Bonchev–Trinajstić information content (AvgIpc) is 2.77. The van der Waals surface area contributed by atoms with E-state index in [0.717, 1.165) is 45.8 Å². The number of hydrogen-bond acceptors (Lipinski definition) is 4. The zero-order valence-electron chi connectivity index (χ0n) is 11.7. The van der Waals surface area contributed by atoms with Crippen molar-refractivity contribution >= 4 is 0 Å². The molecule has 3 aliphatic rings. The van der Waals surface area contributed by atoms with E-state index in [9.17, 15) is 0 Å². The van der Waals surface area contributed by atoms with Gasteiger partial charge in [0.1, 0.15) is 0 Å². The van der Waals surface area contributed by atoms with Gasteiger partial charge in [-0.2, -0.15) is 0 Å². The fourth-order valence-corrected chi connectivity index (χ4v) is 3.99. The van der Waals surface area contributed by atoms with Gasteiger partial charge in [-0.3, -0.25) is 4.90 Å². The predicted molar refractivity (Wildman–Crippen MR) is 70.8 cm³/mol. The lowest BCUT2D eigenvalue weighted by Gasteiger charge is -2.49. The fourth-order valence-electron chi connectivity index (χ4n) is 3.99. The number of nitrogens with zero attached hydrogens (tertiary/aromatic N) is 1. The third kappa shape index (κ3) is 2.31. The molecule has 4 unspecified atom stereocenters. The van der Waals surface area contributed by atoms with E-state index in [1.165, 1.54) is 6.42 Å². The number of hydrogen-bond donors (Lipinski definition) is 1. The van der Waals surface area contributed by atoms with Crippen molar-refractivity contribution in [2.24, 2.45) is 0 Å². The Labute approximate surface area is 110 Å². The summed E-state index contributed by atoms with van der Waals surface area (Å²) in [4.78, 5) is 2.72. The van der Waals surface area contributed by atoms with E-state index in [2.05, 4.69) is 24.1 Å². The van der Waals surface area contributed by atoms with Gasteiger partial charge in [-0.05, 0) is 26.7 Å². The third-order valence-corrected chi connectivity index (χ3v) is 4.85. The molecule has 3 aliphatic heterocycles. The third-order valence-electron chi connectivity index (χ3n) is 4.85. The van der Waals surface area contributed by atoms with E-state index >= 15 is 0 Å². The summed E-state index contributed by atoms with van der Waals surface area (Å²) in [6.07, 6.45) is 3.41. The Bertz CT molecular complexity index is 282. The quantitative estimate of drug-likeness (QED) is 0.757. The maximum atomic E-state index is 6.05. The van der Waals surface area contributed by atoms with E-state index in [0.29, 0.717) is 18.1 Å². The SMILES string of the molecule is CC1CNCC(C)N1C1CCOC2(CCOC2)C1. The number of ether oxygens (including phenoxy) is 2. The topological polar surface area (TPSA) is 33.7 Å². The maximum Gasteiger partial charge on any atom is 0.0951 e. The second-order valence-electron chi connectivity index (χ2n) is 6.28. The first-order chi connectivity index (χ1) is 8.70. The second-order valence-corrected chi connectivity index (χ2v) is 6.28. The first kappa shape index (κ1) is 12.9. The summed E-state index contributed by atoms with van der Waals surface area (Å²) in [5.74, 6) is 0. The molecule has 3 rings (SSSR count). The van der Waals surface area contributed by atoms with Gasteiger partial charge in [0.15, 0.2) is 0 Å². The number of piperazine rings is 1. The molecule has 1 N–H and O–H groups in total. The monoisotopic (exact) mass is 254 g/mol. The van der Waals surface area contributed by atoms with E-state index in [-0.39, 0.29) is 5.60 Å². The highest BCUT2D eigenvalue weighted by atomic mass is 16.6. The molecule has 1 spiro atoms. The molecule has 0 aliphatic carbocycles. The van der Waals surface area contributed by atoms with Crippen molar-refractivity contribution in [1.82, 2.24) is 10.2 Å². The average molecular weight is 254 g/mol. The molecular weight excluding hydrogens is 228 g/mol. The van der Waals surface area contributed by atoms with E-state index in [1.54, 1.807) is 0 Å². The Morgan fingerprint density at radius 2 is 1.94 bits per heavy atom. The van der Waals surface area contributed by atoms with Gasteiger partial charge < -0.3 is 14.8 Å². The van der Waals surface area contributed by atoms with Crippen LogP contribution >= 0.6 is 0 Å². The smallest absolute Gasteiger partial charge is 0.0951 e. The van der Waals surface area contributed by atoms with Gasteiger partial charge in [0.2, 0.25) is 0 Å². The summed E-state index contributed by atoms with van der Waals surface area (Å²) < 4.78 is 11.6. The highest BCUT2D eigenvalue weighted by Crippen LogP contribution is 2.36. The molecular formula is C14H26N2O2. The molecule has 0 aromatic rings. The van der Waals surface area contributed by atoms with Crippen LogP contribution in [0.3, 0.4) is 0 Å². The van der Waals surface area contributed by atoms with Crippen molar-refractivity contribution in [1.29, 1.82) is 0 Å². The van der Waals surface area contributed by atoms with Gasteiger partial charge in [0.05, 0.1) is 12.2 Å². The molecule has 3 heterocycles. The van der Waals surface area contributed by atoms with Crippen LogP contribution in [0.5, 0.6) is 0 Å². The highest BCUT2D eigenvalue weighted by molar-refractivity contribution is 4.97. The normalized spacial score (nSPS) is 46.7. The van der Waals surface area contributed by atoms with Crippen LogP contribution in [0.15, 0.2) is 0 Å². The lowest BCUT2D eigenvalue weighted by molar-refractivity contribution is -0.117. The predicted octanol–water partition coefficient (Wildman–Crippen LogP) is 1.01. The van der Waals surface area contributed by atoms with E-state index in [4.69, 9.17) is 9.47 Å². The second kappa shape index (κ2) is 5.08. The molecule has 4 atom stereocenters. The summed E-state index contributed by atoms with van der Waals surface area (Å²) in [5.41, 5.74) is 0.0350. The first-order valence-electron chi connectivity index (χ1n) is 7.40. The standard InChI is InChI=1S/C14H26N2O2/c1-11-8-15-9-12(2)16(11)13-3-5-18-14(7-13)4-6-17-10-14/h11-13,15H,3-10H2,1-2H3. The Morgan fingerprint density at radius 1 is 1.17 bits per heavy atom. The summed E-state index contributed by atoms with van der Waals surface area (Å²) in [5, 5.41) is 3.52. The van der Waals surface area contributed by atoms with Crippen LogP contribution in [0, 0.1) is 0 Å². The molecule has 0 amide bonds. The van der Waals surface area contributed by atoms with Crippen LogP contribution < -0.4 is 5.32 Å². The number of nitrogens with one attached hydrogen (secondary N) is 1. The van der Waals surface area contributed by atoms with Crippen molar-refractivity contribution < 1.29 is 9.47 Å². The molecule has 3 saturated heterocycles. The molecule has 0 aromatic carbocycles. The molecule has 0 radical (unpaired) electrons. The minimum absolute atomic E-state index is 0.0350. The Hall–Kier alpha value is -0.160. The molecule has 4 heteroatoms. The van der Waals surface area contributed by atoms with Crippen molar-refractivity contribution in [3.63, 3.8) is 0 Å². The molecule has 3 fully saturated rings. The zero-order valence-corrected chi connectivity index (χ0v) is 11.7. The Balaban J connectivity index is 1.70. The fraction of sp³-hybridized carbons (Fsp3) is 1.00. The molecule has 0 saturated carbocycles. The van der Waals surface area contributed by atoms with Crippen LogP contribution in [0.4, 0.5) is 0 Å². The maximum absolute atomic E-state index is 6.05. The summed E-state index contributed by atoms with van der Waals surface area (Å²) >= 11 is 0.